The minimum Gasteiger partial charge on any atom is -0.335 e. The summed E-state index contributed by atoms with van der Waals surface area (Å²) in [6.45, 7) is 5.47. The van der Waals surface area contributed by atoms with E-state index in [1.54, 1.807) is 4.90 Å². The first-order chi connectivity index (χ1) is 11.0. The van der Waals surface area contributed by atoms with Crippen molar-refractivity contribution in [2.45, 2.75) is 52.0 Å². The maximum Gasteiger partial charge on any atom is 0.323 e. The van der Waals surface area contributed by atoms with Crippen molar-refractivity contribution in [3.8, 4) is 0 Å². The van der Waals surface area contributed by atoms with Crippen LogP contribution in [0.2, 0.25) is 0 Å². The van der Waals surface area contributed by atoms with Crippen LogP contribution in [0.4, 0.5) is 10.6 Å². The van der Waals surface area contributed by atoms with Gasteiger partial charge in [-0.3, -0.25) is 4.90 Å². The quantitative estimate of drug-likeness (QED) is 0.907. The van der Waals surface area contributed by atoms with E-state index in [4.69, 9.17) is 0 Å². The molecule has 0 unspecified atom stereocenters. The van der Waals surface area contributed by atoms with Gasteiger partial charge in [0, 0.05) is 24.8 Å². The minimum atomic E-state index is -0.0174. The van der Waals surface area contributed by atoms with Crippen molar-refractivity contribution < 1.29 is 4.79 Å². The maximum atomic E-state index is 12.8. The second-order valence-corrected chi connectivity index (χ2v) is 6.88. The maximum absolute atomic E-state index is 12.8. The lowest BCUT2D eigenvalue weighted by molar-refractivity contribution is 0.237. The molecule has 1 aromatic heterocycles. The summed E-state index contributed by atoms with van der Waals surface area (Å²) < 4.78 is 0. The Morgan fingerprint density at radius 1 is 1.17 bits per heavy atom. The summed E-state index contributed by atoms with van der Waals surface area (Å²) in [6.07, 6.45) is 5.89. The van der Waals surface area contributed by atoms with Crippen molar-refractivity contribution in [1.82, 2.24) is 15.2 Å². The first-order valence-corrected chi connectivity index (χ1v) is 8.64. The van der Waals surface area contributed by atoms with Crippen LogP contribution in [0.1, 0.15) is 43.4 Å². The van der Waals surface area contributed by atoms with Gasteiger partial charge >= 0.3 is 6.03 Å². The number of likely N-dealkylation sites (N-methyl/N-ethyl adjacent to an activating group) is 1. The highest BCUT2D eigenvalue weighted by Crippen LogP contribution is 2.19. The van der Waals surface area contributed by atoms with Crippen LogP contribution in [0.5, 0.6) is 0 Å². The molecule has 5 heteroatoms. The van der Waals surface area contributed by atoms with Crippen LogP contribution in [-0.4, -0.2) is 49.1 Å². The van der Waals surface area contributed by atoms with Gasteiger partial charge in [-0.25, -0.2) is 9.78 Å². The van der Waals surface area contributed by atoms with E-state index in [2.05, 4.69) is 15.2 Å². The van der Waals surface area contributed by atoms with Crippen molar-refractivity contribution in [2.75, 3.05) is 32.1 Å². The summed E-state index contributed by atoms with van der Waals surface area (Å²) in [5.74, 6) is 0.748. The SMILES string of the molecule is Cc1cc(C)nc(N(CCN(C)C)C(=O)NC2CCCCC2)c1. The number of rotatable bonds is 5. The Morgan fingerprint density at radius 2 is 1.87 bits per heavy atom. The molecule has 2 amide bonds. The number of carbonyl (C=O) groups is 1. The van der Waals surface area contributed by atoms with Crippen molar-refractivity contribution in [2.24, 2.45) is 0 Å². The molecule has 2 rings (SSSR count). The molecule has 0 radical (unpaired) electrons. The second kappa shape index (κ2) is 8.29. The zero-order valence-electron chi connectivity index (χ0n) is 14.9. The number of hydrogen-bond acceptors (Lipinski definition) is 3. The van der Waals surface area contributed by atoms with Gasteiger partial charge < -0.3 is 10.2 Å². The number of nitrogens with zero attached hydrogens (tertiary/aromatic N) is 3. The Bertz CT molecular complexity index is 504. The zero-order chi connectivity index (χ0) is 16.8. The van der Waals surface area contributed by atoms with Crippen LogP contribution >= 0.6 is 0 Å². The average Bonchev–Trinajstić information content (AvgIpc) is 2.47. The lowest BCUT2D eigenvalue weighted by Crippen LogP contribution is -2.48. The first kappa shape index (κ1) is 17.7. The van der Waals surface area contributed by atoms with E-state index in [1.165, 1.54) is 19.3 Å². The molecular formula is C18H30N4O. The van der Waals surface area contributed by atoms with Gasteiger partial charge in [-0.2, -0.15) is 0 Å². The topological polar surface area (TPSA) is 48.5 Å². The molecule has 1 saturated carbocycles. The minimum absolute atomic E-state index is 0.0174. The molecule has 1 aliphatic carbocycles. The van der Waals surface area contributed by atoms with Crippen LogP contribution in [0.15, 0.2) is 12.1 Å². The third-order valence-electron chi connectivity index (χ3n) is 4.31. The van der Waals surface area contributed by atoms with Crippen LogP contribution in [0, 0.1) is 13.8 Å². The van der Waals surface area contributed by atoms with Crippen molar-refractivity contribution in [1.29, 1.82) is 0 Å². The van der Waals surface area contributed by atoms with Gasteiger partial charge in [-0.15, -0.1) is 0 Å². The van der Waals surface area contributed by atoms with Crippen molar-refractivity contribution in [3.63, 3.8) is 0 Å². The third-order valence-corrected chi connectivity index (χ3v) is 4.31. The molecule has 0 aliphatic heterocycles. The number of carbonyl (C=O) groups excluding carboxylic acids is 1. The van der Waals surface area contributed by atoms with Gasteiger partial charge in [0.25, 0.3) is 0 Å². The third kappa shape index (κ3) is 5.50. The summed E-state index contributed by atoms with van der Waals surface area (Å²) in [6, 6.07) is 4.32. The molecule has 1 fully saturated rings. The summed E-state index contributed by atoms with van der Waals surface area (Å²) in [5.41, 5.74) is 2.08. The smallest absolute Gasteiger partial charge is 0.323 e. The Labute approximate surface area is 140 Å². The summed E-state index contributed by atoms with van der Waals surface area (Å²) in [5, 5.41) is 3.21. The van der Waals surface area contributed by atoms with E-state index < -0.39 is 0 Å². The molecule has 5 nitrogen and oxygen atoms in total. The molecule has 0 aromatic carbocycles. The normalized spacial score (nSPS) is 15.7. The highest BCUT2D eigenvalue weighted by molar-refractivity contribution is 5.91. The highest BCUT2D eigenvalue weighted by atomic mass is 16.2. The molecule has 0 spiro atoms. The first-order valence-electron chi connectivity index (χ1n) is 8.64. The number of amides is 2. The Balaban J connectivity index is 2.13. The largest absolute Gasteiger partial charge is 0.335 e. The van der Waals surface area contributed by atoms with Crippen LogP contribution in [0.25, 0.3) is 0 Å². The molecular weight excluding hydrogens is 288 g/mol. The van der Waals surface area contributed by atoms with Crippen LogP contribution in [-0.2, 0) is 0 Å². The van der Waals surface area contributed by atoms with E-state index in [0.29, 0.717) is 12.6 Å². The molecule has 0 bridgehead atoms. The van der Waals surface area contributed by atoms with Crippen molar-refractivity contribution in [3.05, 3.63) is 23.4 Å². The highest BCUT2D eigenvalue weighted by Gasteiger charge is 2.22. The number of anilines is 1. The Hall–Kier alpha value is -1.62. The van der Waals surface area contributed by atoms with E-state index in [0.717, 1.165) is 36.5 Å². The lowest BCUT2D eigenvalue weighted by Gasteiger charge is -2.29. The van der Waals surface area contributed by atoms with E-state index in [-0.39, 0.29) is 6.03 Å². The number of urea groups is 1. The molecule has 1 N–H and O–H groups in total. The summed E-state index contributed by atoms with van der Waals surface area (Å²) in [4.78, 5) is 21.2. The molecule has 128 valence electrons. The van der Waals surface area contributed by atoms with Crippen LogP contribution < -0.4 is 10.2 Å². The van der Waals surface area contributed by atoms with Gasteiger partial charge in [0.05, 0.1) is 0 Å². The van der Waals surface area contributed by atoms with Gasteiger partial charge in [0.1, 0.15) is 5.82 Å². The summed E-state index contributed by atoms with van der Waals surface area (Å²) in [7, 11) is 4.04. The fourth-order valence-electron chi connectivity index (χ4n) is 3.08. The van der Waals surface area contributed by atoms with E-state index >= 15 is 0 Å². The number of aryl methyl sites for hydroxylation is 2. The lowest BCUT2D eigenvalue weighted by atomic mass is 9.96. The number of aromatic nitrogens is 1. The molecule has 0 atom stereocenters. The molecule has 1 aromatic rings. The standard InChI is InChI=1S/C18H30N4O/c1-14-12-15(2)19-17(13-14)22(11-10-21(3)4)18(23)20-16-8-6-5-7-9-16/h12-13,16H,5-11H2,1-4H3,(H,20,23). The van der Waals surface area contributed by atoms with Gasteiger partial charge in [0.2, 0.25) is 0 Å². The predicted molar refractivity (Wildman–Crippen MR) is 95.0 cm³/mol. The van der Waals surface area contributed by atoms with Gasteiger partial charge in [-0.05, 0) is 58.5 Å². The molecule has 1 heterocycles. The monoisotopic (exact) mass is 318 g/mol. The molecule has 1 aliphatic rings. The van der Waals surface area contributed by atoms with E-state index in [9.17, 15) is 4.79 Å². The van der Waals surface area contributed by atoms with Gasteiger partial charge in [-0.1, -0.05) is 19.3 Å². The van der Waals surface area contributed by atoms with E-state index in [1.807, 2.05) is 40.1 Å². The zero-order valence-corrected chi connectivity index (χ0v) is 14.9. The predicted octanol–water partition coefficient (Wildman–Crippen LogP) is 3.11. The fraction of sp³-hybridized carbons (Fsp3) is 0.667. The number of pyridine rings is 1. The van der Waals surface area contributed by atoms with Gasteiger partial charge in [0.15, 0.2) is 0 Å². The number of nitrogens with one attached hydrogen (secondary N) is 1. The average molecular weight is 318 g/mol. The number of hydrogen-bond donors (Lipinski definition) is 1. The molecule has 23 heavy (non-hydrogen) atoms. The fourth-order valence-corrected chi connectivity index (χ4v) is 3.08. The Kier molecular flexibility index (Phi) is 6.39. The van der Waals surface area contributed by atoms with Crippen molar-refractivity contribution >= 4 is 11.8 Å². The van der Waals surface area contributed by atoms with Crippen LogP contribution in [0.3, 0.4) is 0 Å². The second-order valence-electron chi connectivity index (χ2n) is 6.88. The molecule has 0 saturated heterocycles. The summed E-state index contributed by atoms with van der Waals surface area (Å²) >= 11 is 0. The Morgan fingerprint density at radius 3 is 2.48 bits per heavy atom.